The van der Waals surface area contributed by atoms with E-state index in [1.54, 1.807) is 11.8 Å². The molecule has 26 heavy (non-hydrogen) atoms. The molecule has 0 bridgehead atoms. The number of hydrogen-bond acceptors (Lipinski definition) is 6. The largest absolute Gasteiger partial charge is 0.478 e. The Balaban J connectivity index is 1.53. The molecule has 2 aliphatic heterocycles. The maximum absolute atomic E-state index is 12.4. The SMILES string of the molecule is O=C(O)c1ccc(S(=O)(=O)NC[C@@H]2CN[C@H](C(=O)N3CCSC3)C2)cc1. The molecule has 2 saturated heterocycles. The van der Waals surface area contributed by atoms with Gasteiger partial charge in [-0.3, -0.25) is 4.79 Å². The van der Waals surface area contributed by atoms with Gasteiger partial charge in [0.15, 0.2) is 0 Å². The van der Waals surface area contributed by atoms with Gasteiger partial charge in [-0.1, -0.05) is 0 Å². The average molecular weight is 399 g/mol. The number of rotatable bonds is 6. The molecule has 2 atom stereocenters. The van der Waals surface area contributed by atoms with Crippen LogP contribution in [0.3, 0.4) is 0 Å². The van der Waals surface area contributed by atoms with E-state index in [4.69, 9.17) is 5.11 Å². The van der Waals surface area contributed by atoms with E-state index in [0.717, 1.165) is 18.2 Å². The number of aromatic carboxylic acids is 1. The summed E-state index contributed by atoms with van der Waals surface area (Å²) >= 11 is 1.73. The number of amides is 1. The van der Waals surface area contributed by atoms with Crippen molar-refractivity contribution in [3.63, 3.8) is 0 Å². The smallest absolute Gasteiger partial charge is 0.335 e. The molecule has 3 rings (SSSR count). The molecule has 0 aliphatic carbocycles. The number of carbonyl (C=O) groups is 2. The highest BCUT2D eigenvalue weighted by Gasteiger charge is 2.33. The molecule has 2 fully saturated rings. The number of thioether (sulfide) groups is 1. The van der Waals surface area contributed by atoms with Gasteiger partial charge < -0.3 is 15.3 Å². The van der Waals surface area contributed by atoms with Gasteiger partial charge in [-0.15, -0.1) is 11.8 Å². The van der Waals surface area contributed by atoms with Crippen LogP contribution in [-0.2, 0) is 14.8 Å². The van der Waals surface area contributed by atoms with E-state index in [1.807, 2.05) is 4.90 Å². The summed E-state index contributed by atoms with van der Waals surface area (Å²) in [6.07, 6.45) is 0.598. The lowest BCUT2D eigenvalue weighted by Gasteiger charge is -2.19. The predicted molar refractivity (Wildman–Crippen MR) is 97.5 cm³/mol. The first kappa shape index (κ1) is 19.2. The number of nitrogens with one attached hydrogen (secondary N) is 2. The highest BCUT2D eigenvalue weighted by molar-refractivity contribution is 7.99. The van der Waals surface area contributed by atoms with E-state index < -0.39 is 16.0 Å². The molecule has 0 saturated carbocycles. The van der Waals surface area contributed by atoms with Crippen molar-refractivity contribution in [3.05, 3.63) is 29.8 Å². The second-order valence-electron chi connectivity index (χ2n) is 6.38. The molecule has 2 heterocycles. The zero-order chi connectivity index (χ0) is 18.7. The fourth-order valence-corrected chi connectivity index (χ4v) is 5.12. The number of carboxylic acids is 1. The minimum Gasteiger partial charge on any atom is -0.478 e. The third kappa shape index (κ3) is 4.37. The molecule has 0 spiro atoms. The summed E-state index contributed by atoms with van der Waals surface area (Å²) in [6, 6.07) is 4.82. The van der Waals surface area contributed by atoms with Crippen LogP contribution in [0.2, 0.25) is 0 Å². The molecule has 2 aliphatic rings. The molecular formula is C16H21N3O5S2. The van der Waals surface area contributed by atoms with Gasteiger partial charge in [0.1, 0.15) is 0 Å². The van der Waals surface area contributed by atoms with Crippen molar-refractivity contribution in [1.29, 1.82) is 0 Å². The second kappa shape index (κ2) is 7.95. The van der Waals surface area contributed by atoms with Crippen molar-refractivity contribution in [2.45, 2.75) is 17.4 Å². The molecule has 1 amide bonds. The van der Waals surface area contributed by atoms with Gasteiger partial charge in [0, 0.05) is 25.4 Å². The Hall–Kier alpha value is -1.62. The van der Waals surface area contributed by atoms with Crippen molar-refractivity contribution >= 4 is 33.7 Å². The number of hydrogen-bond donors (Lipinski definition) is 3. The van der Waals surface area contributed by atoms with Crippen LogP contribution >= 0.6 is 11.8 Å². The first-order chi connectivity index (χ1) is 12.4. The van der Waals surface area contributed by atoms with Crippen LogP contribution in [0.5, 0.6) is 0 Å². The Labute approximate surface area is 156 Å². The Bertz CT molecular complexity index is 776. The molecule has 10 heteroatoms. The Morgan fingerprint density at radius 3 is 2.65 bits per heavy atom. The normalized spacial score (nSPS) is 23.3. The average Bonchev–Trinajstić information content (AvgIpc) is 3.31. The topological polar surface area (TPSA) is 116 Å². The van der Waals surface area contributed by atoms with Crippen molar-refractivity contribution < 1.29 is 23.1 Å². The summed E-state index contributed by atoms with van der Waals surface area (Å²) in [6.45, 7) is 1.58. The van der Waals surface area contributed by atoms with E-state index >= 15 is 0 Å². The second-order valence-corrected chi connectivity index (χ2v) is 9.22. The number of sulfonamides is 1. The zero-order valence-corrected chi connectivity index (χ0v) is 15.7. The summed E-state index contributed by atoms with van der Waals surface area (Å²) in [5.74, 6) is 0.700. The summed E-state index contributed by atoms with van der Waals surface area (Å²) in [5, 5.41) is 12.0. The molecule has 1 aromatic carbocycles. The Morgan fingerprint density at radius 2 is 2.04 bits per heavy atom. The molecule has 8 nitrogen and oxygen atoms in total. The van der Waals surface area contributed by atoms with Gasteiger partial charge in [0.05, 0.1) is 22.4 Å². The van der Waals surface area contributed by atoms with E-state index in [9.17, 15) is 18.0 Å². The molecule has 1 aromatic rings. The monoisotopic (exact) mass is 399 g/mol. The first-order valence-electron chi connectivity index (χ1n) is 8.30. The molecule has 0 radical (unpaired) electrons. The van der Waals surface area contributed by atoms with Gasteiger partial charge in [0.25, 0.3) is 0 Å². The number of benzene rings is 1. The molecule has 0 aromatic heterocycles. The number of carboxylic acid groups (broad SMARTS) is 1. The van der Waals surface area contributed by atoms with Crippen LogP contribution in [0.25, 0.3) is 0 Å². The minimum atomic E-state index is -3.71. The summed E-state index contributed by atoms with van der Waals surface area (Å²) in [7, 11) is -3.71. The van der Waals surface area contributed by atoms with Gasteiger partial charge in [-0.2, -0.15) is 0 Å². The van der Waals surface area contributed by atoms with Crippen LogP contribution in [-0.4, -0.2) is 67.6 Å². The van der Waals surface area contributed by atoms with Crippen molar-refractivity contribution in [1.82, 2.24) is 14.9 Å². The lowest BCUT2D eigenvalue weighted by molar-refractivity contribution is -0.131. The number of carbonyl (C=O) groups excluding carboxylic acids is 1. The van der Waals surface area contributed by atoms with E-state index in [-0.39, 0.29) is 34.9 Å². The maximum atomic E-state index is 12.4. The summed E-state index contributed by atoms with van der Waals surface area (Å²) < 4.78 is 27.2. The van der Waals surface area contributed by atoms with Crippen LogP contribution in [0, 0.1) is 5.92 Å². The van der Waals surface area contributed by atoms with Crippen LogP contribution in [0.1, 0.15) is 16.8 Å². The van der Waals surface area contributed by atoms with Gasteiger partial charge >= 0.3 is 5.97 Å². The Morgan fingerprint density at radius 1 is 1.31 bits per heavy atom. The first-order valence-corrected chi connectivity index (χ1v) is 10.9. The van der Waals surface area contributed by atoms with Gasteiger partial charge in [-0.05, 0) is 36.6 Å². The maximum Gasteiger partial charge on any atom is 0.335 e. The predicted octanol–water partition coefficient (Wildman–Crippen LogP) is 0.174. The fraction of sp³-hybridized carbons (Fsp3) is 0.500. The van der Waals surface area contributed by atoms with E-state index in [0.29, 0.717) is 13.0 Å². The quantitative estimate of drug-likeness (QED) is 0.625. The highest BCUT2D eigenvalue weighted by Crippen LogP contribution is 2.20. The molecule has 3 N–H and O–H groups in total. The fourth-order valence-electron chi connectivity index (χ4n) is 3.05. The Kier molecular flexibility index (Phi) is 5.86. The van der Waals surface area contributed by atoms with Crippen molar-refractivity contribution in [2.75, 3.05) is 31.3 Å². The zero-order valence-electron chi connectivity index (χ0n) is 14.1. The van der Waals surface area contributed by atoms with Crippen molar-refractivity contribution in [3.8, 4) is 0 Å². The van der Waals surface area contributed by atoms with E-state index in [2.05, 4.69) is 10.0 Å². The van der Waals surface area contributed by atoms with Crippen LogP contribution in [0.15, 0.2) is 29.2 Å². The molecule has 142 valence electrons. The standard InChI is InChI=1S/C16H21N3O5S2/c20-15(19-5-6-25-10-19)14-7-11(8-17-14)9-18-26(23,24)13-3-1-12(2-4-13)16(21)22/h1-4,11,14,17-18H,5-10H2,(H,21,22)/t11-,14-/m0/s1. The lowest BCUT2D eigenvalue weighted by Crippen LogP contribution is -2.42. The van der Waals surface area contributed by atoms with Crippen LogP contribution < -0.4 is 10.0 Å². The van der Waals surface area contributed by atoms with Crippen LogP contribution in [0.4, 0.5) is 0 Å². The minimum absolute atomic E-state index is 0.0233. The lowest BCUT2D eigenvalue weighted by atomic mass is 10.1. The van der Waals surface area contributed by atoms with E-state index in [1.165, 1.54) is 24.3 Å². The highest BCUT2D eigenvalue weighted by atomic mass is 32.2. The molecular weight excluding hydrogens is 378 g/mol. The van der Waals surface area contributed by atoms with Gasteiger partial charge in [0.2, 0.25) is 15.9 Å². The molecule has 0 unspecified atom stereocenters. The summed E-state index contributed by atoms with van der Waals surface area (Å²) in [4.78, 5) is 25.1. The third-order valence-electron chi connectivity index (χ3n) is 4.56. The van der Waals surface area contributed by atoms with Gasteiger partial charge in [-0.25, -0.2) is 17.9 Å². The van der Waals surface area contributed by atoms with Crippen molar-refractivity contribution in [2.24, 2.45) is 5.92 Å². The number of nitrogens with zero attached hydrogens (tertiary/aromatic N) is 1. The third-order valence-corrected chi connectivity index (χ3v) is 6.96. The summed E-state index contributed by atoms with van der Waals surface area (Å²) in [5.41, 5.74) is 0.0328.